The summed E-state index contributed by atoms with van der Waals surface area (Å²) in [6.45, 7) is 0. The number of nitrogens with zero attached hydrogens (tertiary/aromatic N) is 3. The molecule has 3 heterocycles. The summed E-state index contributed by atoms with van der Waals surface area (Å²) < 4.78 is 6.26. The molecular formula is C23H20N4O2S2. The predicted molar refractivity (Wildman–Crippen MR) is 126 cm³/mol. The molecular weight excluding hydrogens is 428 g/mol. The first-order valence-corrected chi connectivity index (χ1v) is 12.2. The van der Waals surface area contributed by atoms with Crippen LogP contribution in [0.15, 0.2) is 48.8 Å². The van der Waals surface area contributed by atoms with E-state index >= 15 is 0 Å². The van der Waals surface area contributed by atoms with Crippen molar-refractivity contribution < 1.29 is 9.53 Å². The Hall–Kier alpha value is -2.97. The van der Waals surface area contributed by atoms with Gasteiger partial charge in [0.2, 0.25) is 11.8 Å². The molecule has 1 N–H and O–H groups in total. The molecule has 5 rings (SSSR count). The van der Waals surface area contributed by atoms with Gasteiger partial charge in [0.1, 0.15) is 10.6 Å². The average Bonchev–Trinajstić information content (AvgIpc) is 3.37. The molecule has 6 nitrogen and oxygen atoms in total. The van der Waals surface area contributed by atoms with E-state index in [1.165, 1.54) is 22.2 Å². The highest BCUT2D eigenvalue weighted by molar-refractivity contribution is 7.99. The number of thioether (sulfide) groups is 1. The number of ether oxygens (including phenoxy) is 1. The molecule has 0 spiro atoms. The van der Waals surface area contributed by atoms with E-state index in [0.29, 0.717) is 23.2 Å². The first-order chi connectivity index (χ1) is 15.2. The van der Waals surface area contributed by atoms with Crippen molar-refractivity contribution in [2.24, 2.45) is 0 Å². The average molecular weight is 449 g/mol. The topological polar surface area (TPSA) is 77.0 Å². The second kappa shape index (κ2) is 8.64. The van der Waals surface area contributed by atoms with E-state index in [9.17, 15) is 4.79 Å². The molecule has 1 aromatic carbocycles. The fourth-order valence-corrected chi connectivity index (χ4v) is 5.29. The molecule has 0 unspecified atom stereocenters. The van der Waals surface area contributed by atoms with Gasteiger partial charge >= 0.3 is 0 Å². The minimum absolute atomic E-state index is 0.0198. The van der Waals surface area contributed by atoms with Crippen molar-refractivity contribution in [3.05, 3.63) is 59.2 Å². The molecule has 0 aliphatic heterocycles. The van der Waals surface area contributed by atoms with Crippen LogP contribution < -0.4 is 10.1 Å². The summed E-state index contributed by atoms with van der Waals surface area (Å²) in [5, 5.41) is 3.89. The summed E-state index contributed by atoms with van der Waals surface area (Å²) in [5.41, 5.74) is 2.91. The summed E-state index contributed by atoms with van der Waals surface area (Å²) in [4.78, 5) is 27.9. The van der Waals surface area contributed by atoms with Crippen molar-refractivity contribution in [3.63, 3.8) is 0 Å². The van der Waals surface area contributed by atoms with Crippen LogP contribution in [0, 0.1) is 0 Å². The second-order valence-electron chi connectivity index (χ2n) is 7.24. The zero-order chi connectivity index (χ0) is 21.2. The Morgan fingerprint density at radius 2 is 2.06 bits per heavy atom. The van der Waals surface area contributed by atoms with Gasteiger partial charge in [-0.05, 0) is 67.5 Å². The molecule has 0 fully saturated rings. The van der Waals surface area contributed by atoms with Gasteiger partial charge in [-0.1, -0.05) is 0 Å². The number of carbonyl (C=O) groups excluding carboxylic acids is 1. The number of carbonyl (C=O) groups is 1. The summed E-state index contributed by atoms with van der Waals surface area (Å²) in [6, 6.07) is 11.2. The molecule has 1 aliphatic carbocycles. The van der Waals surface area contributed by atoms with E-state index in [-0.39, 0.29) is 5.91 Å². The van der Waals surface area contributed by atoms with Crippen molar-refractivity contribution in [2.75, 3.05) is 17.3 Å². The highest BCUT2D eigenvalue weighted by atomic mass is 32.2. The number of thiophene rings is 1. The Balaban J connectivity index is 1.50. The maximum atomic E-state index is 11.8. The molecule has 0 saturated carbocycles. The van der Waals surface area contributed by atoms with Crippen molar-refractivity contribution in [2.45, 2.75) is 19.3 Å². The summed E-state index contributed by atoms with van der Waals surface area (Å²) in [5.74, 6) is 2.25. The number of aryl methyl sites for hydroxylation is 2. The fourth-order valence-electron chi connectivity index (χ4n) is 3.71. The van der Waals surface area contributed by atoms with E-state index in [1.807, 2.05) is 42.7 Å². The molecule has 0 saturated heterocycles. The number of hydrogen-bond donors (Lipinski definition) is 1. The molecule has 1 aliphatic rings. The number of fused-ring (bicyclic) bond motifs is 3. The zero-order valence-corrected chi connectivity index (χ0v) is 18.6. The third-order valence-corrected chi connectivity index (χ3v) is 6.82. The number of amides is 1. The monoisotopic (exact) mass is 448 g/mol. The number of anilines is 1. The molecule has 0 bridgehead atoms. The number of rotatable bonds is 6. The van der Waals surface area contributed by atoms with E-state index in [2.05, 4.69) is 10.3 Å². The molecule has 0 atom stereocenters. The number of nitrogens with one attached hydrogen (secondary N) is 1. The van der Waals surface area contributed by atoms with Crippen LogP contribution in [0.2, 0.25) is 0 Å². The molecule has 31 heavy (non-hydrogen) atoms. The molecule has 3 aromatic heterocycles. The van der Waals surface area contributed by atoms with Crippen LogP contribution in [0.4, 0.5) is 5.69 Å². The van der Waals surface area contributed by atoms with Crippen LogP contribution in [-0.4, -0.2) is 32.9 Å². The lowest BCUT2D eigenvalue weighted by Gasteiger charge is -2.10. The van der Waals surface area contributed by atoms with E-state index in [1.54, 1.807) is 23.7 Å². The molecule has 4 aromatic rings. The van der Waals surface area contributed by atoms with Crippen LogP contribution in [0.1, 0.15) is 16.9 Å². The largest absolute Gasteiger partial charge is 0.438 e. The minimum Gasteiger partial charge on any atom is -0.438 e. The Bertz CT molecular complexity index is 1240. The summed E-state index contributed by atoms with van der Waals surface area (Å²) in [7, 11) is 0. The van der Waals surface area contributed by atoms with E-state index < -0.39 is 0 Å². The lowest BCUT2D eigenvalue weighted by atomic mass is 10.2. The van der Waals surface area contributed by atoms with Crippen LogP contribution in [-0.2, 0) is 17.6 Å². The number of pyridine rings is 1. The van der Waals surface area contributed by atoms with E-state index in [0.717, 1.165) is 40.7 Å². The lowest BCUT2D eigenvalue weighted by Crippen LogP contribution is -2.13. The Morgan fingerprint density at radius 3 is 2.84 bits per heavy atom. The van der Waals surface area contributed by atoms with Gasteiger partial charge in [-0.25, -0.2) is 4.98 Å². The number of hydrogen-bond acceptors (Lipinski definition) is 7. The van der Waals surface area contributed by atoms with Gasteiger partial charge in [-0.15, -0.1) is 11.3 Å². The Labute approximate surface area is 188 Å². The second-order valence-corrected chi connectivity index (χ2v) is 9.19. The van der Waals surface area contributed by atoms with Crippen molar-refractivity contribution in [3.8, 4) is 23.0 Å². The smallest absolute Gasteiger partial charge is 0.234 e. The maximum Gasteiger partial charge on any atom is 0.234 e. The molecule has 1 amide bonds. The maximum absolute atomic E-state index is 11.8. The molecule has 156 valence electrons. The predicted octanol–water partition coefficient (Wildman–Crippen LogP) is 5.34. The van der Waals surface area contributed by atoms with Crippen molar-refractivity contribution in [1.82, 2.24) is 15.0 Å². The molecule has 0 radical (unpaired) electrons. The first kappa shape index (κ1) is 20.0. The standard InChI is InChI=1S/C23H20N4O2S2/c1-30-13-19(28)25-15-7-9-16(10-8-15)29-22-20-17-5-2-6-18(17)31-23(20)27-21(26-22)14-4-3-11-24-12-14/h3-4,7-12H,2,5-6,13H2,1H3,(H,25,28). The quantitative estimate of drug-likeness (QED) is 0.429. The highest BCUT2D eigenvalue weighted by Gasteiger charge is 2.24. The van der Waals surface area contributed by atoms with Gasteiger partial charge in [-0.3, -0.25) is 9.78 Å². The highest BCUT2D eigenvalue weighted by Crippen LogP contribution is 2.42. The van der Waals surface area contributed by atoms with Gasteiger partial charge in [0, 0.05) is 28.5 Å². The van der Waals surface area contributed by atoms with Gasteiger partial charge in [0.05, 0.1) is 11.1 Å². The van der Waals surface area contributed by atoms with Gasteiger partial charge < -0.3 is 10.1 Å². The SMILES string of the molecule is CSCC(=O)Nc1ccc(Oc2nc(-c3cccnc3)nc3sc4c(c23)CCC4)cc1. The first-order valence-electron chi connectivity index (χ1n) is 10.0. The Morgan fingerprint density at radius 1 is 1.19 bits per heavy atom. The number of aromatic nitrogens is 3. The van der Waals surface area contributed by atoms with Crippen LogP contribution in [0.3, 0.4) is 0 Å². The van der Waals surface area contributed by atoms with Crippen LogP contribution >= 0.6 is 23.1 Å². The molecule has 8 heteroatoms. The normalized spacial score (nSPS) is 12.7. The third kappa shape index (κ3) is 4.13. The van der Waals surface area contributed by atoms with Crippen LogP contribution in [0.5, 0.6) is 11.6 Å². The summed E-state index contributed by atoms with van der Waals surface area (Å²) in [6.07, 6.45) is 8.67. The van der Waals surface area contributed by atoms with E-state index in [4.69, 9.17) is 14.7 Å². The fraction of sp³-hybridized carbons (Fsp3) is 0.217. The lowest BCUT2D eigenvalue weighted by molar-refractivity contribution is -0.113. The number of benzene rings is 1. The summed E-state index contributed by atoms with van der Waals surface area (Å²) >= 11 is 3.22. The van der Waals surface area contributed by atoms with Crippen LogP contribution in [0.25, 0.3) is 21.6 Å². The third-order valence-electron chi connectivity index (χ3n) is 5.08. The van der Waals surface area contributed by atoms with Gasteiger partial charge in [0.25, 0.3) is 0 Å². The van der Waals surface area contributed by atoms with Gasteiger partial charge in [-0.2, -0.15) is 16.7 Å². The zero-order valence-electron chi connectivity index (χ0n) is 16.9. The minimum atomic E-state index is -0.0198. The van der Waals surface area contributed by atoms with Crippen molar-refractivity contribution >= 4 is 44.9 Å². The van der Waals surface area contributed by atoms with Gasteiger partial charge in [0.15, 0.2) is 5.82 Å². The Kier molecular flexibility index (Phi) is 5.57. The van der Waals surface area contributed by atoms with Crippen molar-refractivity contribution in [1.29, 1.82) is 0 Å².